The summed E-state index contributed by atoms with van der Waals surface area (Å²) in [6.45, 7) is 2.05. The van der Waals surface area contributed by atoms with Gasteiger partial charge in [0.15, 0.2) is 0 Å². The Morgan fingerprint density at radius 2 is 1.57 bits per heavy atom. The van der Waals surface area contributed by atoms with Crippen molar-refractivity contribution in [2.45, 2.75) is 13.3 Å². The Bertz CT molecular complexity index is 1210. The summed E-state index contributed by atoms with van der Waals surface area (Å²) in [5.41, 5.74) is 2.78. The molecule has 30 heavy (non-hydrogen) atoms. The molecule has 0 spiro atoms. The maximum atomic E-state index is 13.2. The Morgan fingerprint density at radius 3 is 2.27 bits per heavy atom. The molecular formula is C24H19FN2O3. The molecule has 2 N–H and O–H groups in total. The number of carbonyl (C=O) groups excluding carboxylic acids is 2. The van der Waals surface area contributed by atoms with Crippen molar-refractivity contribution in [3.8, 4) is 0 Å². The number of halogens is 1. The number of furan rings is 1. The zero-order valence-corrected chi connectivity index (χ0v) is 16.2. The maximum Gasteiger partial charge on any atom is 0.293 e. The number of aryl methyl sites for hydroxylation is 1. The molecule has 4 aromatic rings. The number of amides is 2. The number of anilines is 2. The average molecular weight is 402 g/mol. The maximum absolute atomic E-state index is 13.2. The van der Waals surface area contributed by atoms with E-state index in [-0.39, 0.29) is 17.0 Å². The molecule has 3 aromatic carbocycles. The van der Waals surface area contributed by atoms with Gasteiger partial charge in [-0.3, -0.25) is 9.59 Å². The molecule has 1 aromatic heterocycles. The Hall–Kier alpha value is -3.93. The monoisotopic (exact) mass is 402 g/mol. The zero-order chi connectivity index (χ0) is 21.1. The van der Waals surface area contributed by atoms with Gasteiger partial charge in [-0.05, 0) is 60.5 Å². The topological polar surface area (TPSA) is 71.3 Å². The van der Waals surface area contributed by atoms with Crippen LogP contribution in [0.5, 0.6) is 0 Å². The molecule has 5 nitrogen and oxygen atoms in total. The van der Waals surface area contributed by atoms with Gasteiger partial charge in [0.2, 0.25) is 5.76 Å². The summed E-state index contributed by atoms with van der Waals surface area (Å²) < 4.78 is 18.9. The average Bonchev–Trinajstić information content (AvgIpc) is 3.13. The van der Waals surface area contributed by atoms with Crippen molar-refractivity contribution >= 4 is 34.2 Å². The molecule has 0 aliphatic rings. The second kappa shape index (κ2) is 8.21. The molecule has 0 atom stereocenters. The van der Waals surface area contributed by atoms with Gasteiger partial charge in [0.25, 0.3) is 11.8 Å². The Morgan fingerprint density at radius 1 is 0.867 bits per heavy atom. The molecule has 0 radical (unpaired) electrons. The summed E-state index contributed by atoms with van der Waals surface area (Å²) >= 11 is 0. The molecule has 0 saturated carbocycles. The first kappa shape index (κ1) is 19.4. The van der Waals surface area contributed by atoms with Gasteiger partial charge in [-0.1, -0.05) is 31.2 Å². The third kappa shape index (κ3) is 3.93. The summed E-state index contributed by atoms with van der Waals surface area (Å²) in [5.74, 6) is -1.39. The quantitative estimate of drug-likeness (QED) is 0.454. The van der Waals surface area contributed by atoms with Crippen molar-refractivity contribution in [2.24, 2.45) is 0 Å². The smallest absolute Gasteiger partial charge is 0.293 e. The Balaban J connectivity index is 1.66. The highest BCUT2D eigenvalue weighted by Crippen LogP contribution is 2.32. The van der Waals surface area contributed by atoms with Crippen LogP contribution in [0.3, 0.4) is 0 Å². The lowest BCUT2D eigenvalue weighted by Gasteiger charge is -2.08. The van der Waals surface area contributed by atoms with Crippen molar-refractivity contribution in [1.82, 2.24) is 0 Å². The fourth-order valence-electron chi connectivity index (χ4n) is 3.13. The van der Waals surface area contributed by atoms with Crippen LogP contribution in [0.25, 0.3) is 11.0 Å². The number of nitrogens with one attached hydrogen (secondary N) is 2. The molecule has 0 bridgehead atoms. The normalized spacial score (nSPS) is 10.7. The Labute approximate surface area is 172 Å². The van der Waals surface area contributed by atoms with Gasteiger partial charge in [0, 0.05) is 16.6 Å². The van der Waals surface area contributed by atoms with Crippen molar-refractivity contribution in [2.75, 3.05) is 10.6 Å². The van der Waals surface area contributed by atoms with Crippen LogP contribution in [0.4, 0.5) is 15.8 Å². The first-order valence-electron chi connectivity index (χ1n) is 9.54. The number of benzene rings is 3. The zero-order valence-electron chi connectivity index (χ0n) is 16.2. The first-order chi connectivity index (χ1) is 14.5. The van der Waals surface area contributed by atoms with E-state index in [1.165, 1.54) is 24.3 Å². The number of fused-ring (bicyclic) bond motifs is 1. The van der Waals surface area contributed by atoms with Gasteiger partial charge >= 0.3 is 0 Å². The van der Waals surface area contributed by atoms with E-state index >= 15 is 0 Å². The third-order valence-corrected chi connectivity index (χ3v) is 4.77. The van der Waals surface area contributed by atoms with E-state index < -0.39 is 17.6 Å². The van der Waals surface area contributed by atoms with E-state index in [1.807, 2.05) is 24.3 Å². The minimum atomic E-state index is -0.482. The van der Waals surface area contributed by atoms with Crippen LogP contribution in [0.1, 0.15) is 33.4 Å². The number of para-hydroxylation sites is 1. The van der Waals surface area contributed by atoms with Crippen molar-refractivity contribution < 1.29 is 18.4 Å². The Kier molecular flexibility index (Phi) is 5.30. The highest BCUT2D eigenvalue weighted by Gasteiger charge is 2.23. The molecule has 0 fully saturated rings. The van der Waals surface area contributed by atoms with Crippen molar-refractivity contribution in [3.63, 3.8) is 0 Å². The summed E-state index contributed by atoms with van der Waals surface area (Å²) in [6, 6.07) is 19.7. The molecule has 0 unspecified atom stereocenters. The van der Waals surface area contributed by atoms with Gasteiger partial charge < -0.3 is 15.1 Å². The predicted molar refractivity (Wildman–Crippen MR) is 114 cm³/mol. The number of hydrogen-bond acceptors (Lipinski definition) is 3. The molecule has 6 heteroatoms. The standard InChI is InChI=1S/C24H19FN2O3/c1-2-15-7-13-18(14-8-15)26-24(29)22-21(19-5-3-4-6-20(19)30-22)27-23(28)16-9-11-17(25)12-10-16/h3-14H,2H2,1H3,(H,26,29)(H,27,28). The number of carbonyl (C=O) groups is 2. The van der Waals surface area contributed by atoms with E-state index in [2.05, 4.69) is 17.6 Å². The third-order valence-electron chi connectivity index (χ3n) is 4.77. The molecule has 0 aliphatic heterocycles. The van der Waals surface area contributed by atoms with E-state index in [1.54, 1.807) is 24.3 Å². The highest BCUT2D eigenvalue weighted by molar-refractivity contribution is 6.16. The van der Waals surface area contributed by atoms with Crippen LogP contribution >= 0.6 is 0 Å². The minimum Gasteiger partial charge on any atom is -0.449 e. The molecule has 0 aliphatic carbocycles. The van der Waals surface area contributed by atoms with Crippen LogP contribution in [-0.2, 0) is 6.42 Å². The lowest BCUT2D eigenvalue weighted by molar-refractivity contribution is 0.0999. The fourth-order valence-corrected chi connectivity index (χ4v) is 3.13. The lowest BCUT2D eigenvalue weighted by Crippen LogP contribution is -2.17. The first-order valence-corrected chi connectivity index (χ1v) is 9.54. The van der Waals surface area contributed by atoms with E-state index in [0.717, 1.165) is 12.0 Å². The van der Waals surface area contributed by atoms with Crippen molar-refractivity contribution in [3.05, 3.63) is 95.5 Å². The van der Waals surface area contributed by atoms with E-state index in [9.17, 15) is 14.0 Å². The lowest BCUT2D eigenvalue weighted by atomic mass is 10.1. The van der Waals surface area contributed by atoms with Crippen LogP contribution in [0, 0.1) is 5.82 Å². The number of hydrogen-bond donors (Lipinski definition) is 2. The van der Waals surface area contributed by atoms with Gasteiger partial charge in [-0.2, -0.15) is 0 Å². The molecule has 2 amide bonds. The van der Waals surface area contributed by atoms with E-state index in [4.69, 9.17) is 4.42 Å². The molecule has 150 valence electrons. The SMILES string of the molecule is CCc1ccc(NC(=O)c2oc3ccccc3c2NC(=O)c2ccc(F)cc2)cc1. The summed E-state index contributed by atoms with van der Waals surface area (Å²) in [5, 5.41) is 6.13. The van der Waals surface area contributed by atoms with Crippen LogP contribution in [0.15, 0.2) is 77.2 Å². The minimum absolute atomic E-state index is 0.00812. The highest BCUT2D eigenvalue weighted by atomic mass is 19.1. The summed E-state index contributed by atoms with van der Waals surface area (Å²) in [7, 11) is 0. The second-order valence-electron chi connectivity index (χ2n) is 6.77. The molecule has 0 saturated heterocycles. The largest absolute Gasteiger partial charge is 0.449 e. The summed E-state index contributed by atoms with van der Waals surface area (Å²) in [6.07, 6.45) is 0.900. The fraction of sp³-hybridized carbons (Fsp3) is 0.0833. The second-order valence-corrected chi connectivity index (χ2v) is 6.77. The van der Waals surface area contributed by atoms with Crippen LogP contribution < -0.4 is 10.6 Å². The molecule has 1 heterocycles. The van der Waals surface area contributed by atoms with Gasteiger partial charge in [-0.15, -0.1) is 0 Å². The van der Waals surface area contributed by atoms with Gasteiger partial charge in [-0.25, -0.2) is 4.39 Å². The van der Waals surface area contributed by atoms with Crippen LogP contribution in [0.2, 0.25) is 0 Å². The van der Waals surface area contributed by atoms with Crippen LogP contribution in [-0.4, -0.2) is 11.8 Å². The van der Waals surface area contributed by atoms with E-state index in [0.29, 0.717) is 16.7 Å². The predicted octanol–water partition coefficient (Wildman–Crippen LogP) is 5.64. The van der Waals surface area contributed by atoms with Crippen molar-refractivity contribution in [1.29, 1.82) is 0 Å². The number of rotatable bonds is 5. The molecular weight excluding hydrogens is 383 g/mol. The van der Waals surface area contributed by atoms with Gasteiger partial charge in [0.1, 0.15) is 17.1 Å². The summed E-state index contributed by atoms with van der Waals surface area (Å²) in [4.78, 5) is 25.6. The molecule has 4 rings (SSSR count). The van der Waals surface area contributed by atoms with Gasteiger partial charge in [0.05, 0.1) is 0 Å².